The molecule has 0 spiro atoms. The second kappa shape index (κ2) is 14.1. The van der Waals surface area contributed by atoms with Crippen molar-refractivity contribution in [1.29, 1.82) is 0 Å². The van der Waals surface area contributed by atoms with Gasteiger partial charge in [0.2, 0.25) is 0 Å². The molecule has 0 aliphatic carbocycles. The number of fused-ring (bicyclic) bond motifs is 4. The van der Waals surface area contributed by atoms with Crippen LogP contribution in [-0.4, -0.2) is 15.0 Å². The zero-order valence-corrected chi connectivity index (χ0v) is 32.2. The smallest absolute Gasteiger partial charge is 0.164 e. The summed E-state index contributed by atoms with van der Waals surface area (Å²) in [5.74, 6) is 1.96. The molecule has 0 aliphatic rings. The first kappa shape index (κ1) is 34.3. The Kier molecular flexibility index (Phi) is 8.49. The quantitative estimate of drug-likeness (QED) is 0.160. The lowest BCUT2D eigenvalue weighted by Crippen LogP contribution is -2.03. The van der Waals surface area contributed by atoms with Gasteiger partial charge in [-0.25, -0.2) is 15.0 Å². The lowest BCUT2D eigenvalue weighted by molar-refractivity contribution is 1.07. The van der Waals surface area contributed by atoms with Crippen molar-refractivity contribution < 1.29 is 0 Å². The number of nitrogens with zero attached hydrogens (tertiary/aromatic N) is 3. The first-order valence-electron chi connectivity index (χ1n) is 19.5. The van der Waals surface area contributed by atoms with E-state index in [2.05, 4.69) is 203 Å². The van der Waals surface area contributed by atoms with Crippen LogP contribution in [0.5, 0.6) is 0 Å². The normalized spacial score (nSPS) is 11.4. The summed E-state index contributed by atoms with van der Waals surface area (Å²) < 4.78 is 0. The fourth-order valence-electron chi connectivity index (χ4n) is 8.47. The highest BCUT2D eigenvalue weighted by atomic mass is 15.0. The van der Waals surface area contributed by atoms with E-state index in [0.717, 1.165) is 44.5 Å². The highest BCUT2D eigenvalue weighted by Gasteiger charge is 2.18. The Morgan fingerprint density at radius 2 is 0.825 bits per heavy atom. The third-order valence-electron chi connectivity index (χ3n) is 11.1. The van der Waals surface area contributed by atoms with E-state index in [0.29, 0.717) is 17.5 Å². The molecule has 0 N–H and O–H groups in total. The standard InChI is InChI=1S/C54H39N3/c1-34-27-35(2)51(36(3)28-34)54-56-52(44-19-11-17-40(29-44)41-26-25-39-24-23-38-15-7-9-21-47(38)49(39)32-41)55-53(57-54)45-20-12-18-43(30-45)50-33-46(37-13-5-4-6-14-37)31-42-16-8-10-22-48(42)50/h4-33H,1-3H3. The summed E-state index contributed by atoms with van der Waals surface area (Å²) in [6.45, 7) is 6.43. The van der Waals surface area contributed by atoms with E-state index in [4.69, 9.17) is 15.0 Å². The van der Waals surface area contributed by atoms with Crippen LogP contribution in [0.4, 0.5) is 0 Å². The van der Waals surface area contributed by atoms with Crippen LogP contribution in [0.25, 0.3) is 99.9 Å². The van der Waals surface area contributed by atoms with Crippen molar-refractivity contribution in [3.8, 4) is 67.5 Å². The SMILES string of the molecule is Cc1cc(C)c(-c2nc(-c3cccc(-c4ccc5ccc6ccccc6c5c4)c3)nc(-c3cccc(-c4cc(-c5ccccc5)cc5ccccc45)c3)n2)c(C)c1. The summed E-state index contributed by atoms with van der Waals surface area (Å²) in [4.78, 5) is 15.7. The molecule has 9 aromatic carbocycles. The molecule has 0 fully saturated rings. The van der Waals surface area contributed by atoms with Crippen molar-refractivity contribution in [3.63, 3.8) is 0 Å². The number of aromatic nitrogens is 3. The molecule has 0 unspecified atom stereocenters. The monoisotopic (exact) mass is 729 g/mol. The lowest BCUT2D eigenvalue weighted by Gasteiger charge is -2.15. The van der Waals surface area contributed by atoms with Gasteiger partial charge in [0.25, 0.3) is 0 Å². The molecule has 3 nitrogen and oxygen atoms in total. The molecule has 0 radical (unpaired) electrons. The van der Waals surface area contributed by atoms with Gasteiger partial charge >= 0.3 is 0 Å². The Morgan fingerprint density at radius 1 is 0.298 bits per heavy atom. The topological polar surface area (TPSA) is 38.7 Å². The summed E-state index contributed by atoms with van der Waals surface area (Å²) >= 11 is 0. The van der Waals surface area contributed by atoms with Gasteiger partial charge in [-0.2, -0.15) is 0 Å². The van der Waals surface area contributed by atoms with Gasteiger partial charge in [0, 0.05) is 16.7 Å². The van der Waals surface area contributed by atoms with E-state index in [1.807, 2.05) is 0 Å². The molecule has 0 saturated carbocycles. The van der Waals surface area contributed by atoms with Gasteiger partial charge in [-0.1, -0.05) is 157 Å². The fourth-order valence-corrected chi connectivity index (χ4v) is 8.47. The number of rotatable bonds is 6. The largest absolute Gasteiger partial charge is 0.208 e. The molecule has 10 aromatic rings. The highest BCUT2D eigenvalue weighted by Crippen LogP contribution is 2.37. The van der Waals surface area contributed by atoms with Crippen LogP contribution in [-0.2, 0) is 0 Å². The van der Waals surface area contributed by atoms with E-state index < -0.39 is 0 Å². The molecule has 1 aromatic heterocycles. The van der Waals surface area contributed by atoms with Crippen molar-refractivity contribution in [3.05, 3.63) is 199 Å². The zero-order chi connectivity index (χ0) is 38.5. The molecule has 270 valence electrons. The Balaban J connectivity index is 1.13. The van der Waals surface area contributed by atoms with E-state index in [1.54, 1.807) is 0 Å². The van der Waals surface area contributed by atoms with Gasteiger partial charge in [0.15, 0.2) is 17.5 Å². The van der Waals surface area contributed by atoms with Gasteiger partial charge < -0.3 is 0 Å². The Hall–Kier alpha value is -7.23. The summed E-state index contributed by atoms with van der Waals surface area (Å²) in [5.41, 5.74) is 13.3. The van der Waals surface area contributed by atoms with E-state index in [1.165, 1.54) is 54.6 Å². The number of hydrogen-bond donors (Lipinski definition) is 0. The molecule has 0 amide bonds. The van der Waals surface area contributed by atoms with Crippen LogP contribution < -0.4 is 0 Å². The molecule has 1 heterocycles. The minimum atomic E-state index is 0.641. The van der Waals surface area contributed by atoms with Crippen LogP contribution in [0, 0.1) is 20.8 Å². The number of hydrogen-bond acceptors (Lipinski definition) is 3. The fraction of sp³-hybridized carbons (Fsp3) is 0.0556. The molecule has 0 bridgehead atoms. The lowest BCUT2D eigenvalue weighted by atomic mass is 9.92. The van der Waals surface area contributed by atoms with Crippen LogP contribution in [0.3, 0.4) is 0 Å². The van der Waals surface area contributed by atoms with Crippen molar-refractivity contribution >= 4 is 32.3 Å². The van der Waals surface area contributed by atoms with Crippen molar-refractivity contribution in [1.82, 2.24) is 15.0 Å². The van der Waals surface area contributed by atoms with Gasteiger partial charge in [0.1, 0.15) is 0 Å². The maximum atomic E-state index is 5.24. The van der Waals surface area contributed by atoms with Crippen LogP contribution in [0.15, 0.2) is 182 Å². The van der Waals surface area contributed by atoms with Gasteiger partial charge in [-0.05, 0) is 128 Å². The number of aryl methyl sites for hydroxylation is 3. The molecule has 0 atom stereocenters. The average Bonchev–Trinajstić information content (AvgIpc) is 3.25. The maximum Gasteiger partial charge on any atom is 0.164 e. The van der Waals surface area contributed by atoms with Crippen molar-refractivity contribution in [2.75, 3.05) is 0 Å². The molecule has 0 aliphatic heterocycles. The predicted octanol–water partition coefficient (Wildman–Crippen LogP) is 14.3. The molecule has 57 heavy (non-hydrogen) atoms. The predicted molar refractivity (Wildman–Crippen MR) is 239 cm³/mol. The highest BCUT2D eigenvalue weighted by molar-refractivity contribution is 6.08. The first-order valence-corrected chi connectivity index (χ1v) is 19.5. The van der Waals surface area contributed by atoms with Crippen LogP contribution in [0.2, 0.25) is 0 Å². The van der Waals surface area contributed by atoms with Gasteiger partial charge in [-0.3, -0.25) is 0 Å². The van der Waals surface area contributed by atoms with Crippen molar-refractivity contribution in [2.24, 2.45) is 0 Å². The average molecular weight is 730 g/mol. The van der Waals surface area contributed by atoms with E-state index in [9.17, 15) is 0 Å². The number of benzene rings is 9. The van der Waals surface area contributed by atoms with Crippen LogP contribution in [0.1, 0.15) is 16.7 Å². The Labute approximate surface area is 333 Å². The molecular formula is C54H39N3. The molecular weight excluding hydrogens is 691 g/mol. The summed E-state index contributed by atoms with van der Waals surface area (Å²) in [5, 5.41) is 7.37. The van der Waals surface area contributed by atoms with Crippen LogP contribution >= 0.6 is 0 Å². The van der Waals surface area contributed by atoms with E-state index in [-0.39, 0.29) is 0 Å². The third kappa shape index (κ3) is 6.43. The Morgan fingerprint density at radius 3 is 1.56 bits per heavy atom. The minimum Gasteiger partial charge on any atom is -0.208 e. The second-order valence-electron chi connectivity index (χ2n) is 15.1. The summed E-state index contributed by atoms with van der Waals surface area (Å²) in [7, 11) is 0. The third-order valence-corrected chi connectivity index (χ3v) is 11.1. The van der Waals surface area contributed by atoms with Gasteiger partial charge in [-0.15, -0.1) is 0 Å². The molecule has 3 heteroatoms. The summed E-state index contributed by atoms with van der Waals surface area (Å²) in [6.07, 6.45) is 0. The zero-order valence-electron chi connectivity index (χ0n) is 32.2. The molecule has 10 rings (SSSR count). The summed E-state index contributed by atoms with van der Waals surface area (Å²) in [6, 6.07) is 65.2. The van der Waals surface area contributed by atoms with Gasteiger partial charge in [0.05, 0.1) is 0 Å². The molecule has 0 saturated heterocycles. The minimum absolute atomic E-state index is 0.641. The van der Waals surface area contributed by atoms with Crippen molar-refractivity contribution in [2.45, 2.75) is 20.8 Å². The maximum absolute atomic E-state index is 5.24. The first-order chi connectivity index (χ1) is 27.9. The second-order valence-corrected chi connectivity index (χ2v) is 15.1. The Bertz CT molecular complexity index is 3140. The van der Waals surface area contributed by atoms with E-state index >= 15 is 0 Å².